The summed E-state index contributed by atoms with van der Waals surface area (Å²) in [7, 11) is 0. The standard InChI is InChI=1S/C44H31N3O/c1-3-4-14-35-28-39-38(27-29(35)2)40-37(26-25-36(41(40)48-39)32-23-21-31(22-24-32)30-15-8-5-9-16-30)44-46-42(33-17-10-6-11-18-33)45-43(47-44)34-19-12-7-13-20-34/h3-28H,1H2,2H3/b14-4-. The van der Waals surface area contributed by atoms with Crippen molar-refractivity contribution in [2.45, 2.75) is 6.92 Å². The first-order valence-electron chi connectivity index (χ1n) is 16.0. The van der Waals surface area contributed by atoms with Crippen molar-refractivity contribution in [1.29, 1.82) is 0 Å². The Morgan fingerprint density at radius 3 is 1.67 bits per heavy atom. The maximum Gasteiger partial charge on any atom is 0.164 e. The molecule has 0 spiro atoms. The Labute approximate surface area is 279 Å². The molecule has 8 aromatic rings. The smallest absolute Gasteiger partial charge is 0.164 e. The van der Waals surface area contributed by atoms with E-state index < -0.39 is 0 Å². The van der Waals surface area contributed by atoms with Gasteiger partial charge in [-0.25, -0.2) is 15.0 Å². The van der Waals surface area contributed by atoms with E-state index in [4.69, 9.17) is 19.4 Å². The van der Waals surface area contributed by atoms with Crippen LogP contribution < -0.4 is 0 Å². The number of aryl methyl sites for hydroxylation is 1. The zero-order valence-electron chi connectivity index (χ0n) is 26.5. The summed E-state index contributed by atoms with van der Waals surface area (Å²) in [6.45, 7) is 5.97. The molecule has 4 heteroatoms. The maximum absolute atomic E-state index is 6.79. The minimum atomic E-state index is 0.592. The molecule has 48 heavy (non-hydrogen) atoms. The molecule has 6 aromatic carbocycles. The van der Waals surface area contributed by atoms with E-state index in [-0.39, 0.29) is 0 Å². The number of rotatable bonds is 7. The Bertz CT molecular complexity index is 2390. The monoisotopic (exact) mass is 617 g/mol. The van der Waals surface area contributed by atoms with Gasteiger partial charge in [0.2, 0.25) is 0 Å². The van der Waals surface area contributed by atoms with E-state index in [0.29, 0.717) is 17.5 Å². The highest BCUT2D eigenvalue weighted by molar-refractivity contribution is 6.16. The van der Waals surface area contributed by atoms with E-state index in [0.717, 1.165) is 66.4 Å². The molecule has 228 valence electrons. The number of nitrogens with zero attached hydrogens (tertiary/aromatic N) is 3. The maximum atomic E-state index is 6.79. The van der Waals surface area contributed by atoms with E-state index in [2.05, 4.69) is 92.4 Å². The fourth-order valence-corrected chi connectivity index (χ4v) is 6.22. The van der Waals surface area contributed by atoms with Gasteiger partial charge >= 0.3 is 0 Å². The Balaban J connectivity index is 1.38. The average molecular weight is 618 g/mol. The van der Waals surface area contributed by atoms with Crippen molar-refractivity contribution in [3.63, 3.8) is 0 Å². The molecule has 0 atom stereocenters. The number of benzene rings is 6. The highest BCUT2D eigenvalue weighted by Crippen LogP contribution is 2.42. The molecule has 0 aliphatic heterocycles. The molecular weight excluding hydrogens is 587 g/mol. The van der Waals surface area contributed by atoms with E-state index in [1.807, 2.05) is 72.8 Å². The van der Waals surface area contributed by atoms with Gasteiger partial charge < -0.3 is 4.42 Å². The predicted octanol–water partition coefficient (Wildman–Crippen LogP) is 11.6. The summed E-state index contributed by atoms with van der Waals surface area (Å²) in [6.07, 6.45) is 5.79. The van der Waals surface area contributed by atoms with Crippen LogP contribution in [0, 0.1) is 6.92 Å². The molecule has 0 aliphatic carbocycles. The summed E-state index contributed by atoms with van der Waals surface area (Å²) in [4.78, 5) is 15.1. The van der Waals surface area contributed by atoms with Crippen LogP contribution in [0.3, 0.4) is 0 Å². The lowest BCUT2D eigenvalue weighted by Crippen LogP contribution is -2.00. The van der Waals surface area contributed by atoms with Crippen molar-refractivity contribution in [3.8, 4) is 56.4 Å². The zero-order chi connectivity index (χ0) is 32.5. The van der Waals surface area contributed by atoms with Crippen LogP contribution in [0.1, 0.15) is 11.1 Å². The molecule has 0 N–H and O–H groups in total. The SMILES string of the molecule is C=C/C=C\c1cc2oc3c(-c4ccc(-c5ccccc5)cc4)ccc(-c4nc(-c5ccccc5)nc(-c5ccccc5)n4)c3c2cc1C. The molecule has 0 amide bonds. The third-order valence-corrected chi connectivity index (χ3v) is 8.66. The van der Waals surface area contributed by atoms with Gasteiger partial charge in [-0.15, -0.1) is 0 Å². The number of allylic oxidation sites excluding steroid dienone is 2. The van der Waals surface area contributed by atoms with Gasteiger partial charge in [-0.1, -0.05) is 140 Å². The number of aromatic nitrogens is 3. The van der Waals surface area contributed by atoms with Crippen molar-refractivity contribution in [2.24, 2.45) is 0 Å². The first kappa shape index (κ1) is 29.0. The fourth-order valence-electron chi connectivity index (χ4n) is 6.22. The molecule has 0 fully saturated rings. The number of hydrogen-bond acceptors (Lipinski definition) is 4. The summed E-state index contributed by atoms with van der Waals surface area (Å²) in [6, 6.07) is 47.8. The largest absolute Gasteiger partial charge is 0.455 e. The Morgan fingerprint density at radius 1 is 0.542 bits per heavy atom. The molecule has 8 rings (SSSR count). The Hall–Kier alpha value is -6.39. The molecule has 0 unspecified atom stereocenters. The van der Waals surface area contributed by atoms with Gasteiger partial charge in [0, 0.05) is 33.0 Å². The first-order chi connectivity index (χ1) is 23.7. The van der Waals surface area contributed by atoms with Gasteiger partial charge in [-0.2, -0.15) is 0 Å². The van der Waals surface area contributed by atoms with E-state index in [1.54, 1.807) is 6.08 Å². The second-order valence-electron chi connectivity index (χ2n) is 11.7. The van der Waals surface area contributed by atoms with Gasteiger partial charge in [0.1, 0.15) is 11.2 Å². The highest BCUT2D eigenvalue weighted by atomic mass is 16.3. The van der Waals surface area contributed by atoms with Gasteiger partial charge in [0.15, 0.2) is 17.5 Å². The molecule has 4 nitrogen and oxygen atoms in total. The van der Waals surface area contributed by atoms with Crippen LogP contribution in [0.4, 0.5) is 0 Å². The van der Waals surface area contributed by atoms with E-state index >= 15 is 0 Å². The lowest BCUT2D eigenvalue weighted by Gasteiger charge is -2.11. The normalized spacial score (nSPS) is 11.4. The summed E-state index contributed by atoms with van der Waals surface area (Å²) >= 11 is 0. The number of fused-ring (bicyclic) bond motifs is 3. The summed E-state index contributed by atoms with van der Waals surface area (Å²) < 4.78 is 6.79. The van der Waals surface area contributed by atoms with E-state index in [9.17, 15) is 0 Å². The lowest BCUT2D eigenvalue weighted by atomic mass is 9.95. The fraction of sp³-hybridized carbons (Fsp3) is 0.0227. The van der Waals surface area contributed by atoms with Gasteiger partial charge in [0.25, 0.3) is 0 Å². The van der Waals surface area contributed by atoms with E-state index in [1.165, 1.54) is 5.56 Å². The topological polar surface area (TPSA) is 51.8 Å². The van der Waals surface area contributed by atoms with Crippen molar-refractivity contribution < 1.29 is 4.42 Å². The first-order valence-corrected chi connectivity index (χ1v) is 16.0. The van der Waals surface area contributed by atoms with Crippen molar-refractivity contribution in [2.75, 3.05) is 0 Å². The molecule has 0 aliphatic rings. The molecule has 0 saturated heterocycles. The van der Waals surface area contributed by atoms with Crippen molar-refractivity contribution in [1.82, 2.24) is 15.0 Å². The van der Waals surface area contributed by atoms with Gasteiger partial charge in [0.05, 0.1) is 0 Å². The average Bonchev–Trinajstić information content (AvgIpc) is 3.52. The Kier molecular flexibility index (Phi) is 7.52. The molecule has 2 aromatic heterocycles. The second kappa shape index (κ2) is 12.4. The highest BCUT2D eigenvalue weighted by Gasteiger charge is 2.21. The molecule has 2 heterocycles. The molecule has 0 saturated carbocycles. The lowest BCUT2D eigenvalue weighted by molar-refractivity contribution is 0.670. The van der Waals surface area contributed by atoms with Crippen LogP contribution >= 0.6 is 0 Å². The van der Waals surface area contributed by atoms with Crippen LogP contribution in [0.15, 0.2) is 163 Å². The van der Waals surface area contributed by atoms with Gasteiger partial charge in [-0.05, 0) is 59.0 Å². The van der Waals surface area contributed by atoms with Crippen LogP contribution in [0.5, 0.6) is 0 Å². The second-order valence-corrected chi connectivity index (χ2v) is 11.7. The zero-order valence-corrected chi connectivity index (χ0v) is 26.5. The van der Waals surface area contributed by atoms with Crippen molar-refractivity contribution >= 4 is 28.0 Å². The van der Waals surface area contributed by atoms with Gasteiger partial charge in [-0.3, -0.25) is 0 Å². The third-order valence-electron chi connectivity index (χ3n) is 8.66. The van der Waals surface area contributed by atoms with Crippen LogP contribution in [-0.2, 0) is 0 Å². The quantitative estimate of drug-likeness (QED) is 0.167. The van der Waals surface area contributed by atoms with Crippen LogP contribution in [0.25, 0.3) is 84.4 Å². The summed E-state index contributed by atoms with van der Waals surface area (Å²) in [5, 5.41) is 1.99. The number of hydrogen-bond donors (Lipinski definition) is 0. The molecular formula is C44H31N3O. The summed E-state index contributed by atoms with van der Waals surface area (Å²) in [5.74, 6) is 1.83. The molecule has 0 radical (unpaired) electrons. The third kappa shape index (κ3) is 5.40. The number of furan rings is 1. The minimum absolute atomic E-state index is 0.592. The summed E-state index contributed by atoms with van der Waals surface area (Å²) in [5.41, 5.74) is 11.0. The molecule has 0 bridgehead atoms. The Morgan fingerprint density at radius 2 is 1.06 bits per heavy atom. The predicted molar refractivity (Wildman–Crippen MR) is 198 cm³/mol. The van der Waals surface area contributed by atoms with Crippen molar-refractivity contribution in [3.05, 3.63) is 169 Å². The minimum Gasteiger partial charge on any atom is -0.455 e. The van der Waals surface area contributed by atoms with Crippen LogP contribution in [-0.4, -0.2) is 15.0 Å². The van der Waals surface area contributed by atoms with Crippen LogP contribution in [0.2, 0.25) is 0 Å².